The Hall–Kier alpha value is -1.10. The number of hydroxylamine groups is 1. The number of methoxy groups -OCH3 is 1. The zero-order valence-corrected chi connectivity index (χ0v) is 10.2. The number of rotatable bonds is 7. The van der Waals surface area contributed by atoms with Gasteiger partial charge in [-0.3, -0.25) is 4.84 Å². The molecule has 0 aromatic heterocycles. The van der Waals surface area contributed by atoms with Crippen molar-refractivity contribution < 1.29 is 14.3 Å². The van der Waals surface area contributed by atoms with E-state index in [1.807, 2.05) is 0 Å². The molecule has 2 rings (SSSR count). The van der Waals surface area contributed by atoms with Crippen molar-refractivity contribution in [2.24, 2.45) is 0 Å². The predicted octanol–water partition coefficient (Wildman–Crippen LogP) is 1.33. The zero-order valence-electron chi connectivity index (χ0n) is 10.2. The van der Waals surface area contributed by atoms with E-state index in [9.17, 15) is 0 Å². The summed E-state index contributed by atoms with van der Waals surface area (Å²) in [5, 5.41) is 0. The molecule has 0 amide bonds. The molecule has 1 N–H and O–H groups in total. The first kappa shape index (κ1) is 12.4. The molecule has 0 atom stereocenters. The molecule has 0 bridgehead atoms. The summed E-state index contributed by atoms with van der Waals surface area (Å²) in [5.41, 5.74) is 5.56. The lowest BCUT2D eigenvalue weighted by molar-refractivity contribution is 0.00759. The lowest BCUT2D eigenvalue weighted by Crippen LogP contribution is -2.20. The van der Waals surface area contributed by atoms with Crippen LogP contribution in [0.5, 0.6) is 5.75 Å². The number of fused-ring (bicyclic) bond motifs is 1. The summed E-state index contributed by atoms with van der Waals surface area (Å²) in [7, 11) is 1.66. The average molecular weight is 237 g/mol. The van der Waals surface area contributed by atoms with Crippen LogP contribution in [0.2, 0.25) is 0 Å². The summed E-state index contributed by atoms with van der Waals surface area (Å²) in [6.07, 6.45) is 1.99. The second-order valence-electron chi connectivity index (χ2n) is 4.03. The smallest absolute Gasteiger partial charge is 0.122 e. The third-order valence-corrected chi connectivity index (χ3v) is 2.76. The molecule has 0 aliphatic carbocycles. The van der Waals surface area contributed by atoms with Gasteiger partial charge in [-0.2, -0.15) is 0 Å². The maximum atomic E-state index is 5.47. The molecule has 0 spiro atoms. The van der Waals surface area contributed by atoms with Crippen molar-refractivity contribution in [2.75, 3.05) is 33.5 Å². The summed E-state index contributed by atoms with van der Waals surface area (Å²) >= 11 is 0. The van der Waals surface area contributed by atoms with Gasteiger partial charge >= 0.3 is 0 Å². The fourth-order valence-corrected chi connectivity index (χ4v) is 1.86. The van der Waals surface area contributed by atoms with E-state index in [1.165, 1.54) is 11.1 Å². The second-order valence-corrected chi connectivity index (χ2v) is 4.03. The largest absolute Gasteiger partial charge is 0.493 e. The first-order valence-electron chi connectivity index (χ1n) is 5.98. The molecule has 1 aromatic rings. The molecule has 1 aliphatic heterocycles. The van der Waals surface area contributed by atoms with E-state index < -0.39 is 0 Å². The highest BCUT2D eigenvalue weighted by Crippen LogP contribution is 2.25. The number of ether oxygens (including phenoxy) is 2. The number of nitrogens with one attached hydrogen (secondary N) is 1. The number of hydrogen-bond acceptors (Lipinski definition) is 4. The lowest BCUT2D eigenvalue weighted by atomic mass is 10.1. The quantitative estimate of drug-likeness (QED) is 0.573. The molecule has 0 radical (unpaired) electrons. The van der Waals surface area contributed by atoms with Crippen LogP contribution in [-0.2, 0) is 22.4 Å². The second kappa shape index (κ2) is 6.59. The summed E-state index contributed by atoms with van der Waals surface area (Å²) in [6, 6.07) is 6.39. The molecule has 1 heterocycles. The Morgan fingerprint density at radius 1 is 1.35 bits per heavy atom. The van der Waals surface area contributed by atoms with Crippen LogP contribution in [0, 0.1) is 0 Å². The molecule has 0 saturated carbocycles. The van der Waals surface area contributed by atoms with Gasteiger partial charge in [-0.05, 0) is 23.6 Å². The molecule has 0 unspecified atom stereocenters. The van der Waals surface area contributed by atoms with Crippen molar-refractivity contribution in [1.29, 1.82) is 0 Å². The van der Waals surface area contributed by atoms with E-state index >= 15 is 0 Å². The highest BCUT2D eigenvalue weighted by Gasteiger charge is 2.11. The number of hydrogen-bond donors (Lipinski definition) is 1. The van der Waals surface area contributed by atoms with Gasteiger partial charge in [-0.1, -0.05) is 12.1 Å². The van der Waals surface area contributed by atoms with Crippen LogP contribution in [0.3, 0.4) is 0 Å². The molecule has 0 saturated heterocycles. The molecular weight excluding hydrogens is 218 g/mol. The van der Waals surface area contributed by atoms with E-state index in [-0.39, 0.29) is 0 Å². The predicted molar refractivity (Wildman–Crippen MR) is 65.2 cm³/mol. The Bertz CT molecular complexity index is 355. The standard InChI is InChI=1S/C13H19NO3/c1-15-8-9-17-14-6-4-11-2-3-13-12(10-11)5-7-16-13/h2-3,10,14H,4-9H2,1H3. The molecule has 4 heteroatoms. The van der Waals surface area contributed by atoms with Crippen LogP contribution < -0.4 is 10.2 Å². The molecule has 17 heavy (non-hydrogen) atoms. The van der Waals surface area contributed by atoms with Crippen molar-refractivity contribution in [3.8, 4) is 5.75 Å². The minimum atomic E-state index is 0.578. The Balaban J connectivity index is 1.69. The highest BCUT2D eigenvalue weighted by atomic mass is 16.7. The van der Waals surface area contributed by atoms with Crippen LogP contribution in [-0.4, -0.2) is 33.5 Å². The fraction of sp³-hybridized carbons (Fsp3) is 0.538. The lowest BCUT2D eigenvalue weighted by Gasteiger charge is -2.06. The highest BCUT2D eigenvalue weighted by molar-refractivity contribution is 5.39. The van der Waals surface area contributed by atoms with E-state index in [0.717, 1.165) is 31.7 Å². The van der Waals surface area contributed by atoms with Gasteiger partial charge in [-0.15, -0.1) is 0 Å². The Kier molecular flexibility index (Phi) is 4.79. The molecule has 0 fully saturated rings. The summed E-state index contributed by atoms with van der Waals surface area (Å²) < 4.78 is 10.3. The van der Waals surface area contributed by atoms with Gasteiger partial charge in [0.05, 0.1) is 19.8 Å². The van der Waals surface area contributed by atoms with Gasteiger partial charge < -0.3 is 9.47 Å². The minimum Gasteiger partial charge on any atom is -0.493 e. The van der Waals surface area contributed by atoms with Crippen molar-refractivity contribution in [3.05, 3.63) is 29.3 Å². The van der Waals surface area contributed by atoms with E-state index in [0.29, 0.717) is 13.2 Å². The molecular formula is C13H19NO3. The molecule has 1 aromatic carbocycles. The van der Waals surface area contributed by atoms with Crippen LogP contribution in [0.4, 0.5) is 0 Å². The van der Waals surface area contributed by atoms with Crippen molar-refractivity contribution in [3.63, 3.8) is 0 Å². The minimum absolute atomic E-state index is 0.578. The fourth-order valence-electron chi connectivity index (χ4n) is 1.86. The van der Waals surface area contributed by atoms with Crippen LogP contribution in [0.1, 0.15) is 11.1 Å². The van der Waals surface area contributed by atoms with Gasteiger partial charge in [0.25, 0.3) is 0 Å². The van der Waals surface area contributed by atoms with Gasteiger partial charge in [0.15, 0.2) is 0 Å². The Morgan fingerprint density at radius 2 is 2.29 bits per heavy atom. The van der Waals surface area contributed by atoms with Crippen molar-refractivity contribution >= 4 is 0 Å². The average Bonchev–Trinajstić information content (AvgIpc) is 2.81. The van der Waals surface area contributed by atoms with Crippen molar-refractivity contribution in [1.82, 2.24) is 5.48 Å². The van der Waals surface area contributed by atoms with E-state index in [4.69, 9.17) is 14.3 Å². The van der Waals surface area contributed by atoms with Gasteiger partial charge in [0.1, 0.15) is 5.75 Å². The third kappa shape index (κ3) is 3.70. The zero-order chi connectivity index (χ0) is 11.9. The van der Waals surface area contributed by atoms with E-state index in [1.54, 1.807) is 7.11 Å². The first-order valence-corrected chi connectivity index (χ1v) is 5.98. The molecule has 94 valence electrons. The topological polar surface area (TPSA) is 39.7 Å². The summed E-state index contributed by atoms with van der Waals surface area (Å²) in [6.45, 7) is 2.82. The Labute approximate surface area is 102 Å². The first-order chi connectivity index (χ1) is 8.40. The normalized spacial score (nSPS) is 13.5. The maximum absolute atomic E-state index is 5.47. The summed E-state index contributed by atoms with van der Waals surface area (Å²) in [5.74, 6) is 1.04. The number of benzene rings is 1. The molecule has 1 aliphatic rings. The maximum Gasteiger partial charge on any atom is 0.122 e. The monoisotopic (exact) mass is 237 g/mol. The Morgan fingerprint density at radius 3 is 3.18 bits per heavy atom. The van der Waals surface area contributed by atoms with Crippen LogP contribution in [0.25, 0.3) is 0 Å². The van der Waals surface area contributed by atoms with E-state index in [2.05, 4.69) is 23.7 Å². The third-order valence-electron chi connectivity index (χ3n) is 2.76. The summed E-state index contributed by atoms with van der Waals surface area (Å²) in [4.78, 5) is 5.19. The van der Waals surface area contributed by atoms with Gasteiger partial charge in [-0.25, -0.2) is 5.48 Å². The SMILES string of the molecule is COCCONCCc1ccc2c(c1)CCO2. The van der Waals surface area contributed by atoms with Crippen molar-refractivity contribution in [2.45, 2.75) is 12.8 Å². The van der Waals surface area contributed by atoms with Crippen LogP contribution >= 0.6 is 0 Å². The molecule has 4 nitrogen and oxygen atoms in total. The van der Waals surface area contributed by atoms with Gasteiger partial charge in [0, 0.05) is 20.1 Å². The van der Waals surface area contributed by atoms with Crippen LogP contribution in [0.15, 0.2) is 18.2 Å². The van der Waals surface area contributed by atoms with Gasteiger partial charge in [0.2, 0.25) is 0 Å².